The number of nitrogens with one attached hydrogen (secondary N) is 1. The van der Waals surface area contributed by atoms with E-state index in [1.54, 1.807) is 0 Å². The van der Waals surface area contributed by atoms with E-state index in [1.165, 1.54) is 0 Å². The Balaban J connectivity index is 2.80. The summed E-state index contributed by atoms with van der Waals surface area (Å²) in [5, 5.41) is 2.85. The van der Waals surface area contributed by atoms with Crippen LogP contribution in [-0.2, 0) is 0 Å². The second-order valence-electron chi connectivity index (χ2n) is 3.22. The summed E-state index contributed by atoms with van der Waals surface area (Å²) < 4.78 is 1.00. The molecule has 0 aromatic heterocycles. The van der Waals surface area contributed by atoms with Crippen molar-refractivity contribution >= 4 is 21.8 Å². The van der Waals surface area contributed by atoms with E-state index in [-0.39, 0.29) is 5.91 Å². The van der Waals surface area contributed by atoms with Crippen LogP contribution in [0.15, 0.2) is 22.7 Å². The molecule has 1 N–H and O–H groups in total. The van der Waals surface area contributed by atoms with Crippen LogP contribution in [0.5, 0.6) is 0 Å². The molecule has 0 spiro atoms. The number of amides is 1. The van der Waals surface area contributed by atoms with Crippen molar-refractivity contribution in [3.63, 3.8) is 0 Å². The van der Waals surface area contributed by atoms with Gasteiger partial charge in [0.05, 0.1) is 0 Å². The Morgan fingerprint density at radius 2 is 2.21 bits per heavy atom. The number of rotatable bonds is 3. The molecule has 76 valence electrons. The third kappa shape index (κ3) is 2.84. The van der Waals surface area contributed by atoms with Gasteiger partial charge in [0, 0.05) is 16.6 Å². The molecule has 1 aromatic rings. The zero-order valence-corrected chi connectivity index (χ0v) is 10.0. The van der Waals surface area contributed by atoms with Gasteiger partial charge in [0.15, 0.2) is 0 Å². The van der Waals surface area contributed by atoms with E-state index in [9.17, 15) is 4.79 Å². The fraction of sp³-hybridized carbons (Fsp3) is 0.364. The van der Waals surface area contributed by atoms with E-state index >= 15 is 0 Å². The van der Waals surface area contributed by atoms with Crippen molar-refractivity contribution in [1.29, 1.82) is 0 Å². The van der Waals surface area contributed by atoms with Crippen molar-refractivity contribution in [1.82, 2.24) is 5.32 Å². The molecule has 0 aliphatic carbocycles. The smallest absolute Gasteiger partial charge is 0.251 e. The minimum atomic E-state index is 0.0110. The number of carbonyl (C=O) groups excluding carboxylic acids is 1. The highest BCUT2D eigenvalue weighted by Gasteiger charge is 2.07. The largest absolute Gasteiger partial charge is 0.352 e. The van der Waals surface area contributed by atoms with Crippen molar-refractivity contribution in [3.8, 4) is 0 Å². The maximum atomic E-state index is 11.6. The number of aryl methyl sites for hydroxylation is 1. The lowest BCUT2D eigenvalue weighted by Crippen LogP contribution is -2.24. The molecule has 2 nitrogen and oxygen atoms in total. The molecular formula is C11H14BrNO. The molecule has 14 heavy (non-hydrogen) atoms. The second kappa shape index (κ2) is 5.15. The van der Waals surface area contributed by atoms with Gasteiger partial charge in [0.2, 0.25) is 0 Å². The van der Waals surface area contributed by atoms with Crippen LogP contribution >= 0.6 is 15.9 Å². The van der Waals surface area contributed by atoms with Crippen molar-refractivity contribution in [2.75, 3.05) is 6.54 Å². The Morgan fingerprint density at radius 1 is 1.50 bits per heavy atom. The molecule has 0 bridgehead atoms. The van der Waals surface area contributed by atoms with Crippen LogP contribution in [0.2, 0.25) is 0 Å². The molecule has 1 rings (SSSR count). The number of benzene rings is 1. The van der Waals surface area contributed by atoms with E-state index in [2.05, 4.69) is 21.2 Å². The van der Waals surface area contributed by atoms with E-state index in [0.717, 1.165) is 28.6 Å². The molecule has 3 heteroatoms. The Labute approximate surface area is 92.8 Å². The molecule has 0 fully saturated rings. The van der Waals surface area contributed by atoms with Crippen LogP contribution in [0.25, 0.3) is 0 Å². The number of halogens is 1. The SMILES string of the molecule is CCCNC(=O)c1ccc(Br)cc1C. The van der Waals surface area contributed by atoms with Crippen molar-refractivity contribution in [2.45, 2.75) is 20.3 Å². The number of hydrogen-bond donors (Lipinski definition) is 1. The molecular weight excluding hydrogens is 242 g/mol. The lowest BCUT2D eigenvalue weighted by molar-refractivity contribution is 0.0953. The van der Waals surface area contributed by atoms with Gasteiger partial charge in [-0.15, -0.1) is 0 Å². The molecule has 0 aliphatic rings. The van der Waals surface area contributed by atoms with Crippen molar-refractivity contribution < 1.29 is 4.79 Å². The average molecular weight is 256 g/mol. The first-order valence-electron chi connectivity index (χ1n) is 4.69. The van der Waals surface area contributed by atoms with Crippen molar-refractivity contribution in [2.24, 2.45) is 0 Å². The standard InChI is InChI=1S/C11H14BrNO/c1-3-6-13-11(14)10-5-4-9(12)7-8(10)2/h4-5,7H,3,6H2,1-2H3,(H,13,14). The summed E-state index contributed by atoms with van der Waals surface area (Å²) in [4.78, 5) is 11.6. The summed E-state index contributed by atoms with van der Waals surface area (Å²) in [7, 11) is 0. The Bertz CT molecular complexity index is 336. The summed E-state index contributed by atoms with van der Waals surface area (Å²) >= 11 is 3.37. The molecule has 1 amide bonds. The predicted molar refractivity (Wildman–Crippen MR) is 61.5 cm³/mol. The summed E-state index contributed by atoms with van der Waals surface area (Å²) in [6.07, 6.45) is 0.960. The van der Waals surface area contributed by atoms with E-state index in [1.807, 2.05) is 32.0 Å². The molecule has 0 saturated carbocycles. The van der Waals surface area contributed by atoms with Gasteiger partial charge < -0.3 is 5.32 Å². The third-order valence-electron chi connectivity index (χ3n) is 1.97. The average Bonchev–Trinajstić information content (AvgIpc) is 2.14. The summed E-state index contributed by atoms with van der Waals surface area (Å²) in [5.74, 6) is 0.0110. The first kappa shape index (κ1) is 11.2. The van der Waals surface area contributed by atoms with Gasteiger partial charge >= 0.3 is 0 Å². The zero-order chi connectivity index (χ0) is 10.6. The van der Waals surface area contributed by atoms with Crippen LogP contribution in [0.1, 0.15) is 29.3 Å². The highest BCUT2D eigenvalue weighted by atomic mass is 79.9. The van der Waals surface area contributed by atoms with Crippen LogP contribution in [0.4, 0.5) is 0 Å². The lowest BCUT2D eigenvalue weighted by Gasteiger charge is -2.06. The molecule has 1 aromatic carbocycles. The van der Waals surface area contributed by atoms with Crippen LogP contribution in [0.3, 0.4) is 0 Å². The van der Waals surface area contributed by atoms with Crippen LogP contribution in [0, 0.1) is 6.92 Å². The van der Waals surface area contributed by atoms with Gasteiger partial charge in [-0.1, -0.05) is 22.9 Å². The van der Waals surface area contributed by atoms with Gasteiger partial charge in [-0.3, -0.25) is 4.79 Å². The summed E-state index contributed by atoms with van der Waals surface area (Å²) in [5.41, 5.74) is 1.75. The highest BCUT2D eigenvalue weighted by Crippen LogP contribution is 2.15. The normalized spacial score (nSPS) is 9.93. The first-order valence-corrected chi connectivity index (χ1v) is 5.48. The fourth-order valence-corrected chi connectivity index (χ4v) is 1.69. The first-order chi connectivity index (χ1) is 6.65. The van der Waals surface area contributed by atoms with Gasteiger partial charge in [-0.25, -0.2) is 0 Å². The number of hydrogen-bond acceptors (Lipinski definition) is 1. The summed E-state index contributed by atoms with van der Waals surface area (Å²) in [6, 6.07) is 5.67. The van der Waals surface area contributed by atoms with E-state index in [0.29, 0.717) is 0 Å². The molecule has 0 atom stereocenters. The quantitative estimate of drug-likeness (QED) is 0.885. The minimum Gasteiger partial charge on any atom is -0.352 e. The predicted octanol–water partition coefficient (Wildman–Crippen LogP) is 2.90. The molecule has 0 heterocycles. The monoisotopic (exact) mass is 255 g/mol. The van der Waals surface area contributed by atoms with Crippen LogP contribution in [-0.4, -0.2) is 12.5 Å². The van der Waals surface area contributed by atoms with Crippen molar-refractivity contribution in [3.05, 3.63) is 33.8 Å². The van der Waals surface area contributed by atoms with Gasteiger partial charge in [-0.05, 0) is 37.1 Å². The zero-order valence-electron chi connectivity index (χ0n) is 8.43. The summed E-state index contributed by atoms with van der Waals surface area (Å²) in [6.45, 7) is 4.70. The van der Waals surface area contributed by atoms with Gasteiger partial charge in [-0.2, -0.15) is 0 Å². The molecule has 0 aliphatic heterocycles. The second-order valence-corrected chi connectivity index (χ2v) is 4.13. The topological polar surface area (TPSA) is 29.1 Å². The highest BCUT2D eigenvalue weighted by molar-refractivity contribution is 9.10. The lowest BCUT2D eigenvalue weighted by atomic mass is 10.1. The van der Waals surface area contributed by atoms with Gasteiger partial charge in [0.1, 0.15) is 0 Å². The van der Waals surface area contributed by atoms with E-state index in [4.69, 9.17) is 0 Å². The Hall–Kier alpha value is -0.830. The Kier molecular flexibility index (Phi) is 4.14. The Morgan fingerprint density at radius 3 is 2.79 bits per heavy atom. The fourth-order valence-electron chi connectivity index (χ4n) is 1.22. The van der Waals surface area contributed by atoms with E-state index < -0.39 is 0 Å². The molecule has 0 radical (unpaired) electrons. The van der Waals surface area contributed by atoms with Crippen LogP contribution < -0.4 is 5.32 Å². The van der Waals surface area contributed by atoms with Gasteiger partial charge in [0.25, 0.3) is 5.91 Å². The maximum Gasteiger partial charge on any atom is 0.251 e. The minimum absolute atomic E-state index is 0.0110. The molecule has 0 saturated heterocycles. The number of carbonyl (C=O) groups is 1. The third-order valence-corrected chi connectivity index (χ3v) is 2.46. The molecule has 0 unspecified atom stereocenters. The maximum absolute atomic E-state index is 11.6.